The molecule has 0 aliphatic rings. The van der Waals surface area contributed by atoms with Gasteiger partial charge in [-0.05, 0) is 37.1 Å². The van der Waals surface area contributed by atoms with E-state index in [2.05, 4.69) is 5.32 Å². The van der Waals surface area contributed by atoms with Crippen LogP contribution in [0, 0.1) is 0 Å². The molecule has 0 aromatic heterocycles. The average Bonchev–Trinajstić information content (AvgIpc) is 2.39. The largest absolute Gasteiger partial charge is 0.497 e. The van der Waals surface area contributed by atoms with Crippen LogP contribution in [-0.2, 0) is 0 Å². The molecule has 0 saturated carbocycles. The van der Waals surface area contributed by atoms with E-state index >= 15 is 0 Å². The number of aliphatic hydroxyl groups excluding tert-OH is 1. The highest BCUT2D eigenvalue weighted by atomic mass is 16.5. The smallest absolute Gasteiger partial charge is 0.118 e. The fourth-order valence-corrected chi connectivity index (χ4v) is 1.69. The summed E-state index contributed by atoms with van der Waals surface area (Å²) in [5.41, 5.74) is 6.91. The Balaban J connectivity index is 2.47. The number of hydrogen-bond acceptors (Lipinski definition) is 4. The molecule has 0 amide bonds. The summed E-state index contributed by atoms with van der Waals surface area (Å²) in [6.07, 6.45) is 1.79. The molecular formula is C13H22N2O2. The molecule has 1 aromatic carbocycles. The summed E-state index contributed by atoms with van der Waals surface area (Å²) in [4.78, 5) is 0. The van der Waals surface area contributed by atoms with E-state index in [1.807, 2.05) is 24.3 Å². The van der Waals surface area contributed by atoms with Gasteiger partial charge in [-0.25, -0.2) is 0 Å². The van der Waals surface area contributed by atoms with Crippen LogP contribution in [0.1, 0.15) is 24.4 Å². The highest BCUT2D eigenvalue weighted by Gasteiger charge is 2.08. The fraction of sp³-hybridized carbons (Fsp3) is 0.538. The van der Waals surface area contributed by atoms with Crippen LogP contribution in [0.2, 0.25) is 0 Å². The Hall–Kier alpha value is -1.10. The zero-order chi connectivity index (χ0) is 12.5. The van der Waals surface area contributed by atoms with Crippen molar-refractivity contribution in [3.8, 4) is 5.75 Å². The summed E-state index contributed by atoms with van der Waals surface area (Å²) in [6, 6.07) is 8.09. The summed E-state index contributed by atoms with van der Waals surface area (Å²) >= 11 is 0. The Labute approximate surface area is 103 Å². The molecule has 96 valence electrons. The van der Waals surface area contributed by atoms with Crippen LogP contribution in [0.4, 0.5) is 0 Å². The van der Waals surface area contributed by atoms with Gasteiger partial charge >= 0.3 is 0 Å². The van der Waals surface area contributed by atoms with Crippen molar-refractivity contribution < 1.29 is 9.84 Å². The first-order valence-corrected chi connectivity index (χ1v) is 6.00. The lowest BCUT2D eigenvalue weighted by Gasteiger charge is -2.17. The van der Waals surface area contributed by atoms with Gasteiger partial charge in [0.05, 0.1) is 7.11 Å². The maximum absolute atomic E-state index is 8.70. The summed E-state index contributed by atoms with van der Waals surface area (Å²) < 4.78 is 5.12. The Morgan fingerprint density at radius 1 is 1.29 bits per heavy atom. The molecular weight excluding hydrogens is 216 g/mol. The van der Waals surface area contributed by atoms with Gasteiger partial charge in [-0.2, -0.15) is 0 Å². The highest BCUT2D eigenvalue weighted by molar-refractivity contribution is 5.29. The monoisotopic (exact) mass is 238 g/mol. The van der Waals surface area contributed by atoms with Crippen molar-refractivity contribution in [2.24, 2.45) is 5.73 Å². The summed E-state index contributed by atoms with van der Waals surface area (Å²) in [5, 5.41) is 12.1. The molecule has 0 heterocycles. The second-order valence-corrected chi connectivity index (χ2v) is 3.95. The van der Waals surface area contributed by atoms with E-state index in [4.69, 9.17) is 15.6 Å². The van der Waals surface area contributed by atoms with Gasteiger partial charge in [-0.15, -0.1) is 0 Å². The van der Waals surface area contributed by atoms with Crippen molar-refractivity contribution in [2.45, 2.75) is 18.9 Å². The molecule has 1 atom stereocenters. The molecule has 1 unspecified atom stereocenters. The van der Waals surface area contributed by atoms with Gasteiger partial charge in [0, 0.05) is 19.2 Å². The standard InChI is InChI=1S/C13H22N2O2/c1-17-12-6-4-11(5-7-12)13(10-14)15-8-2-3-9-16/h4-7,13,15-16H,2-3,8-10,14H2,1H3. The summed E-state index contributed by atoms with van der Waals surface area (Å²) in [5.74, 6) is 0.852. The Morgan fingerprint density at radius 2 is 2.00 bits per heavy atom. The molecule has 1 rings (SSSR count). The maximum Gasteiger partial charge on any atom is 0.118 e. The molecule has 0 bridgehead atoms. The number of methoxy groups -OCH3 is 1. The molecule has 4 heteroatoms. The number of nitrogens with two attached hydrogens (primary N) is 1. The molecule has 0 radical (unpaired) electrons. The fourth-order valence-electron chi connectivity index (χ4n) is 1.69. The SMILES string of the molecule is COc1ccc(C(CN)NCCCCO)cc1. The van der Waals surface area contributed by atoms with Gasteiger partial charge in [-0.1, -0.05) is 12.1 Å². The molecule has 0 aliphatic heterocycles. The quantitative estimate of drug-likeness (QED) is 0.592. The number of unbranched alkanes of at least 4 members (excludes halogenated alkanes) is 1. The molecule has 4 N–H and O–H groups in total. The molecule has 0 spiro atoms. The predicted octanol–water partition coefficient (Wildman–Crippen LogP) is 1.06. The van der Waals surface area contributed by atoms with Crippen molar-refractivity contribution >= 4 is 0 Å². The molecule has 0 saturated heterocycles. The van der Waals surface area contributed by atoms with Gasteiger partial charge in [0.2, 0.25) is 0 Å². The molecule has 0 fully saturated rings. The third-order valence-corrected chi connectivity index (χ3v) is 2.73. The summed E-state index contributed by atoms with van der Waals surface area (Å²) in [7, 11) is 1.66. The van der Waals surface area contributed by atoms with Crippen LogP contribution in [0.5, 0.6) is 5.75 Å². The molecule has 1 aromatic rings. The van der Waals surface area contributed by atoms with E-state index < -0.39 is 0 Å². The second kappa shape index (κ2) is 8.06. The first-order valence-electron chi connectivity index (χ1n) is 6.00. The van der Waals surface area contributed by atoms with Crippen molar-refractivity contribution in [1.82, 2.24) is 5.32 Å². The number of aliphatic hydroxyl groups is 1. The van der Waals surface area contributed by atoms with Gasteiger partial charge in [0.1, 0.15) is 5.75 Å². The van der Waals surface area contributed by atoms with E-state index in [1.165, 1.54) is 0 Å². The van der Waals surface area contributed by atoms with Crippen molar-refractivity contribution in [3.05, 3.63) is 29.8 Å². The van der Waals surface area contributed by atoms with E-state index in [0.717, 1.165) is 30.7 Å². The lowest BCUT2D eigenvalue weighted by molar-refractivity contribution is 0.282. The first-order chi connectivity index (χ1) is 8.31. The number of nitrogens with one attached hydrogen (secondary N) is 1. The number of hydrogen-bond donors (Lipinski definition) is 3. The van der Waals surface area contributed by atoms with Crippen LogP contribution in [0.15, 0.2) is 24.3 Å². The van der Waals surface area contributed by atoms with Gasteiger partial charge in [-0.3, -0.25) is 0 Å². The van der Waals surface area contributed by atoms with Gasteiger partial charge in [0.25, 0.3) is 0 Å². The van der Waals surface area contributed by atoms with Crippen molar-refractivity contribution in [1.29, 1.82) is 0 Å². The molecule has 0 aliphatic carbocycles. The van der Waals surface area contributed by atoms with Crippen LogP contribution >= 0.6 is 0 Å². The highest BCUT2D eigenvalue weighted by Crippen LogP contribution is 2.16. The zero-order valence-electron chi connectivity index (χ0n) is 10.4. The van der Waals surface area contributed by atoms with E-state index in [-0.39, 0.29) is 12.6 Å². The van der Waals surface area contributed by atoms with Crippen LogP contribution in [-0.4, -0.2) is 31.9 Å². The predicted molar refractivity (Wildman–Crippen MR) is 69.1 cm³/mol. The lowest BCUT2D eigenvalue weighted by Crippen LogP contribution is -2.29. The normalized spacial score (nSPS) is 12.4. The Morgan fingerprint density at radius 3 is 2.53 bits per heavy atom. The van der Waals surface area contributed by atoms with E-state index in [1.54, 1.807) is 7.11 Å². The third-order valence-electron chi connectivity index (χ3n) is 2.73. The third kappa shape index (κ3) is 4.73. The van der Waals surface area contributed by atoms with Crippen LogP contribution in [0.25, 0.3) is 0 Å². The van der Waals surface area contributed by atoms with Crippen molar-refractivity contribution in [2.75, 3.05) is 26.8 Å². The zero-order valence-corrected chi connectivity index (χ0v) is 10.4. The van der Waals surface area contributed by atoms with Crippen LogP contribution < -0.4 is 15.8 Å². The number of benzene rings is 1. The van der Waals surface area contributed by atoms with E-state index in [9.17, 15) is 0 Å². The van der Waals surface area contributed by atoms with Gasteiger partial charge < -0.3 is 20.9 Å². The second-order valence-electron chi connectivity index (χ2n) is 3.95. The van der Waals surface area contributed by atoms with Gasteiger partial charge in [0.15, 0.2) is 0 Å². The number of ether oxygens (including phenoxy) is 1. The molecule has 4 nitrogen and oxygen atoms in total. The minimum absolute atomic E-state index is 0.166. The topological polar surface area (TPSA) is 67.5 Å². The maximum atomic E-state index is 8.70. The Kier molecular flexibility index (Phi) is 6.62. The minimum Gasteiger partial charge on any atom is -0.497 e. The number of rotatable bonds is 8. The minimum atomic E-state index is 0.166. The lowest BCUT2D eigenvalue weighted by atomic mass is 10.1. The van der Waals surface area contributed by atoms with E-state index in [0.29, 0.717) is 6.54 Å². The Bertz CT molecular complexity index is 301. The van der Waals surface area contributed by atoms with Crippen molar-refractivity contribution in [3.63, 3.8) is 0 Å². The first kappa shape index (κ1) is 14.0. The summed E-state index contributed by atoms with van der Waals surface area (Å²) in [6.45, 7) is 1.68. The molecule has 17 heavy (non-hydrogen) atoms. The average molecular weight is 238 g/mol. The van der Waals surface area contributed by atoms with Crippen LogP contribution in [0.3, 0.4) is 0 Å².